The van der Waals surface area contributed by atoms with Gasteiger partial charge < -0.3 is 14.0 Å². The highest BCUT2D eigenvalue weighted by Gasteiger charge is 2.20. The fourth-order valence-corrected chi connectivity index (χ4v) is 1.91. The quantitative estimate of drug-likeness (QED) is 0.715. The number of nitrogens with zero attached hydrogens (tertiary/aromatic N) is 5. The van der Waals surface area contributed by atoms with E-state index in [1.54, 1.807) is 24.3 Å². The number of aromatic nitrogens is 5. The summed E-state index contributed by atoms with van der Waals surface area (Å²) in [5.74, 6) is -0.521. The van der Waals surface area contributed by atoms with Crippen LogP contribution in [0.25, 0.3) is 0 Å². The molecule has 0 spiro atoms. The third-order valence-electron chi connectivity index (χ3n) is 2.95. The molecule has 0 aliphatic carbocycles. The molecule has 8 nitrogen and oxygen atoms in total. The molecule has 0 amide bonds. The zero-order valence-corrected chi connectivity index (χ0v) is 11.7. The minimum atomic E-state index is -0.521. The van der Waals surface area contributed by atoms with E-state index in [4.69, 9.17) is 4.74 Å². The Labute approximate surface area is 116 Å². The molecule has 20 heavy (non-hydrogen) atoms. The van der Waals surface area contributed by atoms with Gasteiger partial charge in [0.1, 0.15) is 0 Å². The molecule has 108 valence electrons. The maximum absolute atomic E-state index is 11.6. The molecule has 0 bridgehead atoms. The van der Waals surface area contributed by atoms with E-state index < -0.39 is 5.97 Å². The first-order chi connectivity index (χ1) is 9.71. The molecule has 8 heteroatoms. The minimum absolute atomic E-state index is 0.178. The summed E-state index contributed by atoms with van der Waals surface area (Å²) < 4.78 is 13.4. The van der Waals surface area contributed by atoms with Gasteiger partial charge in [-0.25, -0.2) is 14.5 Å². The van der Waals surface area contributed by atoms with Crippen LogP contribution < -0.4 is 0 Å². The van der Waals surface area contributed by atoms with Crippen LogP contribution in [0, 0.1) is 0 Å². The Kier molecular flexibility index (Phi) is 4.46. The van der Waals surface area contributed by atoms with Gasteiger partial charge in [-0.3, -0.25) is 0 Å². The number of ether oxygens (including phenoxy) is 2. The summed E-state index contributed by atoms with van der Waals surface area (Å²) in [5, 5.41) is 7.87. The van der Waals surface area contributed by atoms with E-state index in [-0.39, 0.29) is 12.3 Å². The van der Waals surface area contributed by atoms with Crippen LogP contribution in [0.3, 0.4) is 0 Å². The van der Waals surface area contributed by atoms with Crippen LogP contribution in [-0.4, -0.2) is 44.7 Å². The van der Waals surface area contributed by atoms with E-state index in [2.05, 4.69) is 20.0 Å². The van der Waals surface area contributed by atoms with Gasteiger partial charge in [-0.15, -0.1) is 5.10 Å². The second kappa shape index (κ2) is 6.29. The van der Waals surface area contributed by atoms with Gasteiger partial charge in [0.05, 0.1) is 44.2 Å². The van der Waals surface area contributed by atoms with Crippen LogP contribution in [-0.2, 0) is 29.2 Å². The fraction of sp³-hybridized carbons (Fsp3) is 0.500. The molecular formula is C12H17N5O3. The predicted octanol–water partition coefficient (Wildman–Crippen LogP) is 0.476. The molecule has 0 saturated heterocycles. The lowest BCUT2D eigenvalue weighted by Crippen LogP contribution is -2.13. The molecule has 0 atom stereocenters. The second-order valence-electron chi connectivity index (χ2n) is 4.14. The zero-order valence-electron chi connectivity index (χ0n) is 11.7. The number of aryl methyl sites for hydroxylation is 1. The molecule has 2 rings (SSSR count). The first-order valence-electron chi connectivity index (χ1n) is 6.19. The van der Waals surface area contributed by atoms with Gasteiger partial charge in [-0.1, -0.05) is 5.21 Å². The minimum Gasteiger partial charge on any atom is -0.464 e. The number of methoxy groups -OCH3 is 2. The Morgan fingerprint density at radius 3 is 2.85 bits per heavy atom. The van der Waals surface area contributed by atoms with Crippen molar-refractivity contribution in [3.05, 3.63) is 29.6 Å². The van der Waals surface area contributed by atoms with E-state index in [0.717, 1.165) is 12.2 Å². The molecule has 0 N–H and O–H groups in total. The van der Waals surface area contributed by atoms with Gasteiger partial charge in [0, 0.05) is 13.7 Å². The molecular weight excluding hydrogens is 262 g/mol. The number of carbonyl (C=O) groups is 1. The maximum Gasteiger partial charge on any atom is 0.360 e. The van der Waals surface area contributed by atoms with E-state index in [0.29, 0.717) is 12.2 Å². The van der Waals surface area contributed by atoms with Gasteiger partial charge in [0.25, 0.3) is 0 Å². The molecule has 0 aliphatic heterocycles. The molecule has 2 aromatic heterocycles. The van der Waals surface area contributed by atoms with Crippen LogP contribution in [0.15, 0.2) is 12.5 Å². The van der Waals surface area contributed by atoms with Crippen LogP contribution in [0.2, 0.25) is 0 Å². The van der Waals surface area contributed by atoms with Crippen LogP contribution in [0.5, 0.6) is 0 Å². The molecule has 0 unspecified atom stereocenters. The number of hydrogen-bond acceptors (Lipinski definition) is 6. The summed E-state index contributed by atoms with van der Waals surface area (Å²) in [6, 6.07) is 0. The monoisotopic (exact) mass is 279 g/mol. The second-order valence-corrected chi connectivity index (χ2v) is 4.14. The molecule has 0 radical (unpaired) electrons. The molecule has 2 aromatic rings. The van der Waals surface area contributed by atoms with Crippen molar-refractivity contribution in [2.45, 2.75) is 26.6 Å². The van der Waals surface area contributed by atoms with E-state index in [1.165, 1.54) is 7.11 Å². The fourth-order valence-electron chi connectivity index (χ4n) is 1.91. The summed E-state index contributed by atoms with van der Waals surface area (Å²) >= 11 is 0. The highest BCUT2D eigenvalue weighted by molar-refractivity contribution is 5.88. The first kappa shape index (κ1) is 14.2. The Balaban J connectivity index is 2.32. The third kappa shape index (κ3) is 2.69. The van der Waals surface area contributed by atoms with Crippen molar-refractivity contribution in [2.75, 3.05) is 14.2 Å². The number of carbonyl (C=O) groups excluding carboxylic acids is 1. The molecule has 0 aromatic carbocycles. The normalized spacial score (nSPS) is 10.8. The van der Waals surface area contributed by atoms with Crippen molar-refractivity contribution < 1.29 is 14.3 Å². The number of rotatable bonds is 6. The molecule has 2 heterocycles. The predicted molar refractivity (Wildman–Crippen MR) is 69.1 cm³/mol. The number of imidazole rings is 1. The van der Waals surface area contributed by atoms with Crippen molar-refractivity contribution in [3.63, 3.8) is 0 Å². The topological polar surface area (TPSA) is 84.1 Å². The molecule has 0 saturated carbocycles. The van der Waals surface area contributed by atoms with E-state index in [9.17, 15) is 4.79 Å². The lowest BCUT2D eigenvalue weighted by atomic mass is 10.3. The Hall–Kier alpha value is -2.22. The van der Waals surface area contributed by atoms with Crippen LogP contribution >= 0.6 is 0 Å². The van der Waals surface area contributed by atoms with Crippen LogP contribution in [0.1, 0.15) is 28.8 Å². The highest BCUT2D eigenvalue weighted by Crippen LogP contribution is 2.11. The van der Waals surface area contributed by atoms with E-state index >= 15 is 0 Å². The van der Waals surface area contributed by atoms with Crippen LogP contribution in [0.4, 0.5) is 0 Å². The van der Waals surface area contributed by atoms with Gasteiger partial charge in [0.15, 0.2) is 5.69 Å². The summed E-state index contributed by atoms with van der Waals surface area (Å²) in [5.41, 5.74) is 1.74. The van der Waals surface area contributed by atoms with Crippen molar-refractivity contribution in [2.24, 2.45) is 0 Å². The van der Waals surface area contributed by atoms with Crippen molar-refractivity contribution in [1.82, 2.24) is 24.5 Å². The average Bonchev–Trinajstić information content (AvgIpc) is 3.06. The lowest BCUT2D eigenvalue weighted by Gasteiger charge is -2.08. The summed E-state index contributed by atoms with van der Waals surface area (Å²) in [6.45, 7) is 3.55. The van der Waals surface area contributed by atoms with Crippen molar-refractivity contribution in [1.29, 1.82) is 0 Å². The average molecular weight is 279 g/mol. The Morgan fingerprint density at radius 2 is 2.20 bits per heavy atom. The summed E-state index contributed by atoms with van der Waals surface area (Å²) in [7, 11) is 2.86. The molecule has 0 aliphatic rings. The highest BCUT2D eigenvalue weighted by atomic mass is 16.5. The molecule has 0 fully saturated rings. The van der Waals surface area contributed by atoms with Gasteiger partial charge in [-0.2, -0.15) is 0 Å². The van der Waals surface area contributed by atoms with Gasteiger partial charge in [-0.05, 0) is 6.92 Å². The smallest absolute Gasteiger partial charge is 0.360 e. The van der Waals surface area contributed by atoms with Gasteiger partial charge in [0.2, 0.25) is 0 Å². The Morgan fingerprint density at radius 1 is 1.40 bits per heavy atom. The summed E-state index contributed by atoms with van der Waals surface area (Å²) in [6.07, 6.45) is 3.52. The number of hydrogen-bond donors (Lipinski definition) is 0. The third-order valence-corrected chi connectivity index (χ3v) is 2.95. The standard InChI is InChI=1S/C12H17N5O3/c1-4-16-8-13-5-9(16)6-17-10(7-19-2)11(14-15-17)12(18)20-3/h5,8H,4,6-7H2,1-3H3. The maximum atomic E-state index is 11.6. The Bertz CT molecular complexity index is 590. The number of esters is 1. The van der Waals surface area contributed by atoms with Gasteiger partial charge >= 0.3 is 5.97 Å². The van der Waals surface area contributed by atoms with E-state index in [1.807, 2.05) is 11.5 Å². The van der Waals surface area contributed by atoms with Crippen molar-refractivity contribution in [3.8, 4) is 0 Å². The largest absolute Gasteiger partial charge is 0.464 e. The SMILES string of the molecule is CCn1cncc1Cn1nnc(C(=O)OC)c1COC. The zero-order chi connectivity index (χ0) is 14.5. The summed E-state index contributed by atoms with van der Waals surface area (Å²) in [4.78, 5) is 15.7. The lowest BCUT2D eigenvalue weighted by molar-refractivity contribution is 0.0588. The van der Waals surface area contributed by atoms with Crippen molar-refractivity contribution >= 4 is 5.97 Å². The first-order valence-corrected chi connectivity index (χ1v) is 6.19.